The van der Waals surface area contributed by atoms with Crippen LogP contribution in [0, 0.1) is 6.92 Å². The van der Waals surface area contributed by atoms with E-state index in [2.05, 4.69) is 20.8 Å². The number of aliphatic imine (C=N–C) groups is 1. The summed E-state index contributed by atoms with van der Waals surface area (Å²) in [6.45, 7) is 5.88. The minimum absolute atomic E-state index is 0.00899. The van der Waals surface area contributed by atoms with Crippen molar-refractivity contribution in [1.82, 2.24) is 25.4 Å². The van der Waals surface area contributed by atoms with Crippen molar-refractivity contribution in [2.24, 2.45) is 4.99 Å². The Morgan fingerprint density at radius 2 is 1.80 bits per heavy atom. The first-order valence-electron chi connectivity index (χ1n) is 14.8. The summed E-state index contributed by atoms with van der Waals surface area (Å²) in [5.74, 6) is 1.31. The van der Waals surface area contributed by atoms with Crippen LogP contribution in [0.4, 0.5) is 0 Å². The summed E-state index contributed by atoms with van der Waals surface area (Å²) in [5, 5.41) is 16.5. The van der Waals surface area contributed by atoms with Gasteiger partial charge in [0.05, 0.1) is 31.2 Å². The van der Waals surface area contributed by atoms with E-state index in [1.54, 1.807) is 56.8 Å². The van der Waals surface area contributed by atoms with E-state index in [4.69, 9.17) is 25.7 Å². The van der Waals surface area contributed by atoms with Crippen LogP contribution >= 0.6 is 11.6 Å². The molecule has 3 aromatic carbocycles. The molecule has 6 rings (SSSR count). The second-order valence-corrected chi connectivity index (χ2v) is 15.6. The SMILES string of the molecule is COc1ccc2c(c1)C(c1ccc(Cl)cc1)=NC(CC(=O)NCCNC(=O)c1ccc3occ([Si](C)(C)O)c3c1)c1nnc(C)n1-2. The van der Waals surface area contributed by atoms with Crippen molar-refractivity contribution in [2.45, 2.75) is 32.5 Å². The van der Waals surface area contributed by atoms with Gasteiger partial charge in [0.2, 0.25) is 14.2 Å². The van der Waals surface area contributed by atoms with Gasteiger partial charge in [0.1, 0.15) is 23.2 Å². The Bertz CT molecular complexity index is 1980. The fourth-order valence-electron chi connectivity index (χ4n) is 5.55. The number of methoxy groups -OCH3 is 1. The number of benzene rings is 3. The molecule has 0 radical (unpaired) electrons. The Morgan fingerprint density at radius 3 is 2.54 bits per heavy atom. The van der Waals surface area contributed by atoms with Gasteiger partial charge in [-0.05, 0) is 68.5 Å². The molecule has 3 heterocycles. The number of ether oxygens (including phenoxy) is 1. The van der Waals surface area contributed by atoms with Crippen LogP contribution < -0.4 is 20.6 Å². The van der Waals surface area contributed by atoms with Crippen LogP contribution in [0.1, 0.15) is 45.6 Å². The summed E-state index contributed by atoms with van der Waals surface area (Å²) in [6, 6.07) is 17.6. The lowest BCUT2D eigenvalue weighted by Crippen LogP contribution is -2.40. The molecule has 1 unspecified atom stereocenters. The standard InChI is InChI=1S/C33H33ClN6O5Si/c1-19-38-39-32-26(37-31(20-5-8-22(34)9-6-20)24-16-23(44-2)10-11-27(24)40(19)32)17-30(41)35-13-14-36-33(42)21-7-12-28-25(15-21)29(18-45-28)46(3,4)43/h5-12,15-16,18,26,43H,13-14,17H2,1-4H3,(H,35,41)(H,36,42). The van der Waals surface area contributed by atoms with Crippen LogP contribution in [-0.2, 0) is 4.79 Å². The molecule has 5 aromatic rings. The first-order valence-corrected chi connectivity index (χ1v) is 18.1. The zero-order valence-electron chi connectivity index (χ0n) is 25.8. The van der Waals surface area contributed by atoms with Crippen molar-refractivity contribution < 1.29 is 23.5 Å². The second-order valence-electron chi connectivity index (χ2n) is 11.6. The molecule has 0 saturated heterocycles. The fourth-order valence-corrected chi connectivity index (χ4v) is 6.88. The summed E-state index contributed by atoms with van der Waals surface area (Å²) in [7, 11) is -1.03. The summed E-state index contributed by atoms with van der Waals surface area (Å²) >= 11 is 6.19. The van der Waals surface area contributed by atoms with Crippen molar-refractivity contribution in [3.05, 3.63) is 100 Å². The van der Waals surface area contributed by atoms with E-state index >= 15 is 0 Å². The minimum Gasteiger partial charge on any atom is -0.497 e. The third-order valence-electron chi connectivity index (χ3n) is 7.86. The lowest BCUT2D eigenvalue weighted by atomic mass is 10.00. The maximum absolute atomic E-state index is 13.2. The molecule has 11 nitrogen and oxygen atoms in total. The number of hydrogen-bond acceptors (Lipinski definition) is 8. The quantitative estimate of drug-likeness (QED) is 0.159. The van der Waals surface area contributed by atoms with Gasteiger partial charge in [0.25, 0.3) is 5.91 Å². The number of halogens is 1. The smallest absolute Gasteiger partial charge is 0.251 e. The number of hydrogen-bond donors (Lipinski definition) is 3. The molecule has 0 bridgehead atoms. The average Bonchev–Trinajstić information content (AvgIpc) is 3.61. The summed E-state index contributed by atoms with van der Waals surface area (Å²) in [6.07, 6.45) is 1.57. The van der Waals surface area contributed by atoms with Gasteiger partial charge >= 0.3 is 0 Å². The highest BCUT2D eigenvalue weighted by molar-refractivity contribution is 6.85. The molecule has 0 saturated carbocycles. The van der Waals surface area contributed by atoms with Crippen molar-refractivity contribution in [3.63, 3.8) is 0 Å². The van der Waals surface area contributed by atoms with E-state index in [1.807, 2.05) is 41.8 Å². The molecule has 236 valence electrons. The third-order valence-corrected chi connectivity index (χ3v) is 9.81. The topological polar surface area (TPSA) is 144 Å². The normalized spacial score (nSPS) is 14.2. The predicted molar refractivity (Wildman–Crippen MR) is 178 cm³/mol. The number of aromatic nitrogens is 3. The number of carbonyl (C=O) groups is 2. The Labute approximate surface area is 271 Å². The number of amides is 2. The Morgan fingerprint density at radius 1 is 1.04 bits per heavy atom. The third kappa shape index (κ3) is 6.19. The second kappa shape index (κ2) is 12.5. The molecule has 46 heavy (non-hydrogen) atoms. The van der Waals surface area contributed by atoms with Crippen LogP contribution in [0.25, 0.3) is 16.7 Å². The lowest BCUT2D eigenvalue weighted by Gasteiger charge is -2.14. The molecule has 1 aliphatic rings. The van der Waals surface area contributed by atoms with E-state index in [-0.39, 0.29) is 31.3 Å². The van der Waals surface area contributed by atoms with E-state index in [0.29, 0.717) is 39.3 Å². The molecule has 2 aromatic heterocycles. The van der Waals surface area contributed by atoms with Gasteiger partial charge in [-0.2, -0.15) is 0 Å². The van der Waals surface area contributed by atoms with E-state index in [9.17, 15) is 14.4 Å². The summed E-state index contributed by atoms with van der Waals surface area (Å²) in [5.41, 5.74) is 4.18. The van der Waals surface area contributed by atoms with Crippen LogP contribution in [-0.4, -0.2) is 65.6 Å². The van der Waals surface area contributed by atoms with Crippen LogP contribution in [0.3, 0.4) is 0 Å². The predicted octanol–water partition coefficient (Wildman–Crippen LogP) is 4.22. The van der Waals surface area contributed by atoms with Gasteiger partial charge in [0.15, 0.2) is 5.82 Å². The highest BCUT2D eigenvalue weighted by atomic mass is 35.5. The van der Waals surface area contributed by atoms with Crippen LogP contribution in [0.2, 0.25) is 18.1 Å². The number of fused-ring (bicyclic) bond motifs is 4. The fraction of sp³-hybridized carbons (Fsp3) is 0.242. The summed E-state index contributed by atoms with van der Waals surface area (Å²) in [4.78, 5) is 41.8. The van der Waals surface area contributed by atoms with E-state index in [1.165, 1.54) is 0 Å². The van der Waals surface area contributed by atoms with E-state index in [0.717, 1.165) is 27.4 Å². The van der Waals surface area contributed by atoms with Gasteiger partial charge in [-0.1, -0.05) is 23.7 Å². The largest absolute Gasteiger partial charge is 0.497 e. The lowest BCUT2D eigenvalue weighted by molar-refractivity contribution is -0.121. The summed E-state index contributed by atoms with van der Waals surface area (Å²) < 4.78 is 13.0. The molecule has 1 atom stereocenters. The van der Waals surface area contributed by atoms with Crippen LogP contribution in [0.15, 0.2) is 76.3 Å². The maximum Gasteiger partial charge on any atom is 0.251 e. The Balaban J connectivity index is 1.18. The Hall–Kier alpha value is -4.78. The first kappa shape index (κ1) is 31.2. The van der Waals surface area contributed by atoms with E-state index < -0.39 is 14.4 Å². The van der Waals surface area contributed by atoms with Crippen LogP contribution in [0.5, 0.6) is 5.75 Å². The molecular formula is C33H33ClN6O5Si. The van der Waals surface area contributed by atoms with Gasteiger partial charge in [-0.3, -0.25) is 19.1 Å². The zero-order chi connectivity index (χ0) is 32.6. The minimum atomic E-state index is -2.64. The van der Waals surface area contributed by atoms with Gasteiger partial charge < -0.3 is 24.6 Å². The van der Waals surface area contributed by atoms with Gasteiger partial charge in [-0.15, -0.1) is 10.2 Å². The first-order chi connectivity index (χ1) is 22.0. The highest BCUT2D eigenvalue weighted by Gasteiger charge is 2.30. The maximum atomic E-state index is 13.2. The number of furan rings is 1. The number of nitrogens with one attached hydrogen (secondary N) is 2. The van der Waals surface area contributed by atoms with Crippen molar-refractivity contribution in [3.8, 4) is 11.4 Å². The molecule has 0 spiro atoms. The zero-order valence-corrected chi connectivity index (χ0v) is 27.6. The molecular weight excluding hydrogens is 624 g/mol. The highest BCUT2D eigenvalue weighted by Crippen LogP contribution is 2.34. The van der Waals surface area contributed by atoms with Crippen molar-refractivity contribution in [2.75, 3.05) is 20.2 Å². The Kier molecular flexibility index (Phi) is 8.51. The molecule has 13 heteroatoms. The van der Waals surface area contributed by atoms with Gasteiger partial charge in [-0.25, -0.2) is 0 Å². The number of aryl methyl sites for hydroxylation is 1. The molecule has 0 fully saturated rings. The average molecular weight is 657 g/mol. The van der Waals surface area contributed by atoms with Crippen molar-refractivity contribution >= 4 is 53.6 Å². The molecule has 3 N–H and O–H groups in total. The molecule has 1 aliphatic heterocycles. The van der Waals surface area contributed by atoms with Crippen molar-refractivity contribution in [1.29, 1.82) is 0 Å². The monoisotopic (exact) mass is 656 g/mol. The molecule has 0 aliphatic carbocycles. The number of carbonyl (C=O) groups excluding carboxylic acids is 2. The van der Waals surface area contributed by atoms with Gasteiger partial charge in [0, 0.05) is 45.4 Å². The molecule has 2 amide bonds. The number of rotatable bonds is 9. The number of nitrogens with zero attached hydrogens (tertiary/aromatic N) is 4.